The molecule has 0 unspecified atom stereocenters. The second kappa shape index (κ2) is 5.76. The Morgan fingerprint density at radius 2 is 1.95 bits per heavy atom. The Morgan fingerprint density at radius 3 is 2.60 bits per heavy atom. The Labute approximate surface area is 122 Å². The third kappa shape index (κ3) is 2.71. The summed E-state index contributed by atoms with van der Waals surface area (Å²) in [5.74, 6) is -0.927. The number of rotatable bonds is 3. The van der Waals surface area contributed by atoms with E-state index in [2.05, 4.69) is 12.1 Å². The zero-order chi connectivity index (χ0) is 14.0. The normalized spacial score (nSPS) is 27.9. The van der Waals surface area contributed by atoms with Gasteiger partial charge in [0.15, 0.2) is 5.79 Å². The molecule has 3 rings (SSSR count). The molecule has 1 aromatic carbocycles. The lowest BCUT2D eigenvalue weighted by molar-refractivity contribution is -0.161. The van der Waals surface area contributed by atoms with Crippen LogP contribution in [0.25, 0.3) is 0 Å². The average molecular weight is 294 g/mol. The van der Waals surface area contributed by atoms with E-state index in [1.807, 2.05) is 18.2 Å². The van der Waals surface area contributed by atoms with E-state index in [1.165, 1.54) is 7.11 Å². The summed E-state index contributed by atoms with van der Waals surface area (Å²) < 4.78 is 16.4. The number of carbonyl (C=O) groups is 1. The fraction of sp³-hybridized carbons (Fsp3) is 0.533. The summed E-state index contributed by atoms with van der Waals surface area (Å²) >= 11 is 1.70. The van der Waals surface area contributed by atoms with Crippen LogP contribution in [0.4, 0.5) is 0 Å². The van der Waals surface area contributed by atoms with E-state index in [1.54, 1.807) is 11.8 Å². The highest BCUT2D eigenvalue weighted by Gasteiger charge is 2.52. The highest BCUT2D eigenvalue weighted by Crippen LogP contribution is 2.48. The Morgan fingerprint density at radius 1 is 1.25 bits per heavy atom. The van der Waals surface area contributed by atoms with Crippen LogP contribution in [-0.4, -0.2) is 37.3 Å². The van der Waals surface area contributed by atoms with Gasteiger partial charge in [-0.1, -0.05) is 18.2 Å². The molecule has 0 N–H and O–H groups in total. The summed E-state index contributed by atoms with van der Waals surface area (Å²) in [7, 11) is 1.44. The number of benzene rings is 1. The Balaban J connectivity index is 1.77. The van der Waals surface area contributed by atoms with Crippen molar-refractivity contribution in [3.8, 4) is 0 Å². The molecule has 2 aliphatic rings. The first-order valence-corrected chi connectivity index (χ1v) is 7.68. The average Bonchev–Trinajstić information content (AvgIpc) is 3.07. The number of thioether (sulfide) groups is 1. The van der Waals surface area contributed by atoms with Crippen LogP contribution in [0.5, 0.6) is 0 Å². The van der Waals surface area contributed by atoms with Crippen LogP contribution in [0.1, 0.15) is 12.8 Å². The summed E-state index contributed by atoms with van der Waals surface area (Å²) in [4.78, 5) is 13.2. The standard InChI is InChI=1S/C15H18O4S/c1-17-14(16)12-9-15(18-7-8-19-15)10-13(12)20-11-5-3-2-4-6-11/h2-6,12-13H,7-10H2,1H3/t12-,13-/m0/s1. The molecule has 2 atom stereocenters. The molecule has 108 valence electrons. The first-order valence-electron chi connectivity index (χ1n) is 6.80. The highest BCUT2D eigenvalue weighted by molar-refractivity contribution is 8.00. The van der Waals surface area contributed by atoms with Crippen molar-refractivity contribution in [3.63, 3.8) is 0 Å². The van der Waals surface area contributed by atoms with Crippen molar-refractivity contribution < 1.29 is 19.0 Å². The fourth-order valence-electron chi connectivity index (χ4n) is 2.92. The van der Waals surface area contributed by atoms with Crippen molar-refractivity contribution in [2.75, 3.05) is 20.3 Å². The minimum Gasteiger partial charge on any atom is -0.469 e. The highest BCUT2D eigenvalue weighted by atomic mass is 32.2. The summed E-state index contributed by atoms with van der Waals surface area (Å²) in [6.07, 6.45) is 1.32. The van der Waals surface area contributed by atoms with E-state index in [0.717, 1.165) is 11.3 Å². The van der Waals surface area contributed by atoms with Crippen molar-refractivity contribution in [3.05, 3.63) is 30.3 Å². The molecule has 1 saturated heterocycles. The number of methoxy groups -OCH3 is 1. The van der Waals surface area contributed by atoms with E-state index in [9.17, 15) is 4.79 Å². The number of hydrogen-bond donors (Lipinski definition) is 0. The third-order valence-corrected chi connectivity index (χ3v) is 5.18. The maximum atomic E-state index is 12.0. The van der Waals surface area contributed by atoms with Gasteiger partial charge in [0.2, 0.25) is 0 Å². The maximum Gasteiger partial charge on any atom is 0.310 e. The van der Waals surface area contributed by atoms with Crippen LogP contribution in [0.2, 0.25) is 0 Å². The van der Waals surface area contributed by atoms with E-state index in [0.29, 0.717) is 19.6 Å². The molecule has 0 aromatic heterocycles. The topological polar surface area (TPSA) is 44.8 Å². The largest absolute Gasteiger partial charge is 0.469 e. The van der Waals surface area contributed by atoms with Gasteiger partial charge in [-0.3, -0.25) is 4.79 Å². The molecule has 0 radical (unpaired) electrons. The van der Waals surface area contributed by atoms with Gasteiger partial charge in [0, 0.05) is 23.0 Å². The zero-order valence-electron chi connectivity index (χ0n) is 11.4. The quantitative estimate of drug-likeness (QED) is 0.801. The number of ether oxygens (including phenoxy) is 3. The minimum atomic E-state index is -0.578. The molecule has 4 nitrogen and oxygen atoms in total. The molecular weight excluding hydrogens is 276 g/mol. The molecule has 1 aliphatic carbocycles. The van der Waals surface area contributed by atoms with Crippen molar-refractivity contribution in [2.24, 2.45) is 5.92 Å². The molecule has 20 heavy (non-hydrogen) atoms. The second-order valence-electron chi connectivity index (χ2n) is 5.11. The second-order valence-corrected chi connectivity index (χ2v) is 6.43. The number of esters is 1. The Kier molecular flexibility index (Phi) is 4.01. The van der Waals surface area contributed by atoms with Crippen LogP contribution < -0.4 is 0 Å². The summed E-state index contributed by atoms with van der Waals surface area (Å²) in [5, 5.41) is 0.128. The monoisotopic (exact) mass is 294 g/mol. The van der Waals surface area contributed by atoms with Crippen LogP contribution in [-0.2, 0) is 19.0 Å². The van der Waals surface area contributed by atoms with Gasteiger partial charge in [0.1, 0.15) is 0 Å². The van der Waals surface area contributed by atoms with Crippen molar-refractivity contribution in [1.82, 2.24) is 0 Å². The van der Waals surface area contributed by atoms with Gasteiger partial charge in [0.25, 0.3) is 0 Å². The molecule has 0 amide bonds. The SMILES string of the molecule is COC(=O)[C@H]1CC2(C[C@@H]1Sc1ccccc1)OCCO2. The molecule has 1 spiro atoms. The molecule has 1 saturated carbocycles. The summed E-state index contributed by atoms with van der Waals surface area (Å²) in [5.41, 5.74) is 0. The van der Waals surface area contributed by atoms with E-state index in [-0.39, 0.29) is 17.1 Å². The first-order chi connectivity index (χ1) is 9.72. The van der Waals surface area contributed by atoms with Crippen molar-refractivity contribution >= 4 is 17.7 Å². The van der Waals surface area contributed by atoms with Crippen LogP contribution in [0, 0.1) is 5.92 Å². The molecule has 2 fully saturated rings. The lowest BCUT2D eigenvalue weighted by Crippen LogP contribution is -2.27. The molecule has 0 bridgehead atoms. The molecule has 1 aliphatic heterocycles. The minimum absolute atomic E-state index is 0.128. The van der Waals surface area contributed by atoms with E-state index >= 15 is 0 Å². The van der Waals surface area contributed by atoms with Crippen molar-refractivity contribution in [2.45, 2.75) is 28.8 Å². The van der Waals surface area contributed by atoms with Gasteiger partial charge in [0.05, 0.1) is 26.2 Å². The predicted molar refractivity (Wildman–Crippen MR) is 75.5 cm³/mol. The molecule has 1 heterocycles. The Bertz CT molecular complexity index is 470. The smallest absolute Gasteiger partial charge is 0.310 e. The van der Waals surface area contributed by atoms with Gasteiger partial charge in [-0.05, 0) is 12.1 Å². The van der Waals surface area contributed by atoms with Gasteiger partial charge in [-0.25, -0.2) is 0 Å². The molecule has 5 heteroatoms. The van der Waals surface area contributed by atoms with E-state index < -0.39 is 5.79 Å². The fourth-order valence-corrected chi connectivity index (χ4v) is 4.29. The van der Waals surface area contributed by atoms with Gasteiger partial charge < -0.3 is 14.2 Å². The van der Waals surface area contributed by atoms with Crippen LogP contribution >= 0.6 is 11.8 Å². The van der Waals surface area contributed by atoms with E-state index in [4.69, 9.17) is 14.2 Å². The Hall–Kier alpha value is -1.04. The molecule has 1 aromatic rings. The number of hydrogen-bond acceptors (Lipinski definition) is 5. The zero-order valence-corrected chi connectivity index (χ0v) is 12.2. The summed E-state index contributed by atoms with van der Waals surface area (Å²) in [6, 6.07) is 10.1. The van der Waals surface area contributed by atoms with Gasteiger partial charge >= 0.3 is 5.97 Å². The van der Waals surface area contributed by atoms with Crippen LogP contribution in [0.15, 0.2) is 35.2 Å². The van der Waals surface area contributed by atoms with Crippen molar-refractivity contribution in [1.29, 1.82) is 0 Å². The lowest BCUT2D eigenvalue weighted by atomic mass is 10.1. The maximum absolute atomic E-state index is 12.0. The summed E-state index contributed by atoms with van der Waals surface area (Å²) in [6.45, 7) is 1.22. The predicted octanol–water partition coefficient (Wildman–Crippen LogP) is 2.47. The first kappa shape index (κ1) is 13.9. The number of carbonyl (C=O) groups excluding carboxylic acids is 1. The van der Waals surface area contributed by atoms with Crippen LogP contribution in [0.3, 0.4) is 0 Å². The lowest BCUT2D eigenvalue weighted by Gasteiger charge is -2.21. The molecular formula is C15H18O4S. The van der Waals surface area contributed by atoms with Gasteiger partial charge in [-0.15, -0.1) is 11.8 Å². The van der Waals surface area contributed by atoms with Gasteiger partial charge in [-0.2, -0.15) is 0 Å². The third-order valence-electron chi connectivity index (χ3n) is 3.84.